The third-order valence-electron chi connectivity index (χ3n) is 6.28. The Kier molecular flexibility index (Phi) is 7.21. The van der Waals surface area contributed by atoms with E-state index in [1.807, 2.05) is 45.0 Å². The van der Waals surface area contributed by atoms with E-state index in [-0.39, 0.29) is 42.0 Å². The van der Waals surface area contributed by atoms with Gasteiger partial charge >= 0.3 is 0 Å². The van der Waals surface area contributed by atoms with Crippen LogP contribution in [0.5, 0.6) is 0 Å². The van der Waals surface area contributed by atoms with Crippen LogP contribution in [0.25, 0.3) is 0 Å². The van der Waals surface area contributed by atoms with Gasteiger partial charge in [0.05, 0.1) is 12.6 Å². The molecule has 0 saturated carbocycles. The Hall–Kier alpha value is -2.90. The monoisotopic (exact) mass is 442 g/mol. The fourth-order valence-electron chi connectivity index (χ4n) is 4.64. The number of hydrogen-bond acceptors (Lipinski definition) is 5. The third kappa shape index (κ3) is 4.79. The van der Waals surface area contributed by atoms with Crippen molar-refractivity contribution in [2.75, 3.05) is 32.1 Å². The second kappa shape index (κ2) is 9.71. The predicted molar refractivity (Wildman–Crippen MR) is 122 cm³/mol. The van der Waals surface area contributed by atoms with Crippen molar-refractivity contribution >= 4 is 29.2 Å². The number of amides is 3. The average molecular weight is 443 g/mol. The van der Waals surface area contributed by atoms with E-state index in [9.17, 15) is 19.2 Å². The highest BCUT2D eigenvalue weighted by Crippen LogP contribution is 2.31. The standard InChI is InChI=1S/C24H34N4O4/c1-6-21(30)28-14-20(29)22-19(28)11-12-27(22)24(32)18(13-15(2)3)25-23(31)16-7-9-17(10-8-16)26(4)5/h7-10,15,18-19,22H,6,11-14H2,1-5H3,(H,25,31). The Morgan fingerprint density at radius 1 is 1.12 bits per heavy atom. The summed E-state index contributed by atoms with van der Waals surface area (Å²) < 4.78 is 0. The highest BCUT2D eigenvalue weighted by molar-refractivity contribution is 6.00. The Labute approximate surface area is 189 Å². The first-order valence-corrected chi connectivity index (χ1v) is 11.3. The minimum Gasteiger partial charge on any atom is -0.378 e. The zero-order valence-electron chi connectivity index (χ0n) is 19.6. The summed E-state index contributed by atoms with van der Waals surface area (Å²) in [6.07, 6.45) is 1.39. The van der Waals surface area contributed by atoms with Gasteiger partial charge in [-0.3, -0.25) is 19.2 Å². The third-order valence-corrected chi connectivity index (χ3v) is 6.28. The minimum absolute atomic E-state index is 0.0607. The molecule has 2 heterocycles. The smallest absolute Gasteiger partial charge is 0.251 e. The number of likely N-dealkylation sites (tertiary alicyclic amines) is 2. The largest absolute Gasteiger partial charge is 0.378 e. The SMILES string of the molecule is CCC(=O)N1CC(=O)C2C1CCN2C(=O)C(CC(C)C)NC(=O)c1ccc(N(C)C)cc1. The maximum Gasteiger partial charge on any atom is 0.251 e. The number of nitrogens with one attached hydrogen (secondary N) is 1. The topological polar surface area (TPSA) is 90.0 Å². The molecule has 1 aromatic rings. The van der Waals surface area contributed by atoms with Gasteiger partial charge < -0.3 is 20.0 Å². The molecule has 0 bridgehead atoms. The normalized spacial score (nSPS) is 21.0. The predicted octanol–water partition coefficient (Wildman–Crippen LogP) is 1.69. The molecule has 174 valence electrons. The summed E-state index contributed by atoms with van der Waals surface area (Å²) in [4.78, 5) is 56.4. The van der Waals surface area contributed by atoms with Gasteiger partial charge in [0.25, 0.3) is 5.91 Å². The number of carbonyl (C=O) groups excluding carboxylic acids is 4. The highest BCUT2D eigenvalue weighted by atomic mass is 16.2. The Morgan fingerprint density at radius 3 is 2.34 bits per heavy atom. The van der Waals surface area contributed by atoms with Crippen LogP contribution in [0.4, 0.5) is 5.69 Å². The minimum atomic E-state index is -0.724. The number of benzene rings is 1. The summed E-state index contributed by atoms with van der Waals surface area (Å²) in [6, 6.07) is 5.60. The quantitative estimate of drug-likeness (QED) is 0.694. The molecule has 0 radical (unpaired) electrons. The maximum absolute atomic E-state index is 13.5. The Bertz CT molecular complexity index is 880. The molecule has 8 heteroatoms. The highest BCUT2D eigenvalue weighted by Gasteiger charge is 2.51. The number of nitrogens with zero attached hydrogens (tertiary/aromatic N) is 3. The van der Waals surface area contributed by atoms with Crippen LogP contribution in [0.1, 0.15) is 50.4 Å². The van der Waals surface area contributed by atoms with Gasteiger partial charge in [-0.1, -0.05) is 20.8 Å². The molecule has 2 saturated heterocycles. The molecule has 32 heavy (non-hydrogen) atoms. The van der Waals surface area contributed by atoms with Crippen molar-refractivity contribution in [2.24, 2.45) is 5.92 Å². The van der Waals surface area contributed by atoms with E-state index in [2.05, 4.69) is 5.32 Å². The molecule has 2 fully saturated rings. The van der Waals surface area contributed by atoms with E-state index in [0.717, 1.165) is 5.69 Å². The van der Waals surface area contributed by atoms with Gasteiger partial charge in [-0.15, -0.1) is 0 Å². The van der Waals surface area contributed by atoms with Crippen LogP contribution >= 0.6 is 0 Å². The molecule has 1 aromatic carbocycles. The molecular formula is C24H34N4O4. The van der Waals surface area contributed by atoms with E-state index >= 15 is 0 Å². The van der Waals surface area contributed by atoms with Crippen LogP contribution in [-0.2, 0) is 14.4 Å². The molecule has 1 N–H and O–H groups in total. The second-order valence-electron chi connectivity index (χ2n) is 9.27. The zero-order valence-corrected chi connectivity index (χ0v) is 19.6. The van der Waals surface area contributed by atoms with Crippen molar-refractivity contribution in [3.8, 4) is 0 Å². The molecule has 0 spiro atoms. The maximum atomic E-state index is 13.5. The molecule has 0 aromatic heterocycles. The molecule has 3 atom stereocenters. The molecule has 0 aliphatic carbocycles. The summed E-state index contributed by atoms with van der Waals surface area (Å²) >= 11 is 0. The van der Waals surface area contributed by atoms with Gasteiger partial charge in [-0.05, 0) is 43.0 Å². The van der Waals surface area contributed by atoms with Crippen LogP contribution in [0.3, 0.4) is 0 Å². The van der Waals surface area contributed by atoms with Crippen molar-refractivity contribution in [3.05, 3.63) is 29.8 Å². The molecule has 2 aliphatic rings. The Balaban J connectivity index is 1.76. The number of anilines is 1. The summed E-state index contributed by atoms with van der Waals surface area (Å²) in [5.41, 5.74) is 1.46. The van der Waals surface area contributed by atoms with Crippen LogP contribution in [0.15, 0.2) is 24.3 Å². The number of carbonyl (C=O) groups is 4. The van der Waals surface area contributed by atoms with Crippen LogP contribution in [-0.4, -0.2) is 78.6 Å². The summed E-state index contributed by atoms with van der Waals surface area (Å²) in [6.45, 7) is 6.23. The molecule has 8 nitrogen and oxygen atoms in total. The first-order chi connectivity index (χ1) is 15.1. The van der Waals surface area contributed by atoms with E-state index < -0.39 is 12.1 Å². The lowest BCUT2D eigenvalue weighted by Gasteiger charge is -2.29. The van der Waals surface area contributed by atoms with Crippen LogP contribution in [0, 0.1) is 5.92 Å². The number of Topliss-reactive ketones (excluding diaryl/α,β-unsaturated/α-hetero) is 1. The van der Waals surface area contributed by atoms with Gasteiger partial charge in [-0.2, -0.15) is 0 Å². The first-order valence-electron chi connectivity index (χ1n) is 11.3. The van der Waals surface area contributed by atoms with Gasteiger partial charge in [0.2, 0.25) is 11.8 Å². The summed E-state index contributed by atoms with van der Waals surface area (Å²) in [5.74, 6) is -0.546. The number of ketones is 1. The number of rotatable bonds is 7. The van der Waals surface area contributed by atoms with Crippen molar-refractivity contribution < 1.29 is 19.2 Å². The molecule has 2 aliphatic heterocycles. The molecule has 3 amide bonds. The van der Waals surface area contributed by atoms with Crippen molar-refractivity contribution in [1.82, 2.24) is 15.1 Å². The fourth-order valence-corrected chi connectivity index (χ4v) is 4.64. The Morgan fingerprint density at radius 2 is 1.78 bits per heavy atom. The molecule has 3 unspecified atom stereocenters. The molecular weight excluding hydrogens is 408 g/mol. The van der Waals surface area contributed by atoms with Crippen LogP contribution < -0.4 is 10.2 Å². The van der Waals surface area contributed by atoms with E-state index in [1.54, 1.807) is 28.9 Å². The lowest BCUT2D eigenvalue weighted by atomic mass is 10.0. The first kappa shape index (κ1) is 23.8. The van der Waals surface area contributed by atoms with E-state index in [1.165, 1.54) is 0 Å². The summed E-state index contributed by atoms with van der Waals surface area (Å²) in [5, 5.41) is 2.89. The summed E-state index contributed by atoms with van der Waals surface area (Å²) in [7, 11) is 3.85. The van der Waals surface area contributed by atoms with Crippen molar-refractivity contribution in [2.45, 2.75) is 58.2 Å². The van der Waals surface area contributed by atoms with Crippen LogP contribution in [0.2, 0.25) is 0 Å². The van der Waals surface area contributed by atoms with Gasteiger partial charge in [0.1, 0.15) is 12.1 Å². The van der Waals surface area contributed by atoms with Gasteiger partial charge in [0, 0.05) is 38.3 Å². The van der Waals surface area contributed by atoms with Crippen molar-refractivity contribution in [1.29, 1.82) is 0 Å². The molecule has 3 rings (SSSR count). The van der Waals surface area contributed by atoms with Gasteiger partial charge in [0.15, 0.2) is 5.78 Å². The number of fused-ring (bicyclic) bond motifs is 1. The second-order valence-corrected chi connectivity index (χ2v) is 9.27. The average Bonchev–Trinajstić information content (AvgIpc) is 3.33. The number of hydrogen-bond donors (Lipinski definition) is 1. The zero-order chi connectivity index (χ0) is 23.6. The lowest BCUT2D eigenvalue weighted by Crippen LogP contribution is -2.53. The van der Waals surface area contributed by atoms with Gasteiger partial charge in [-0.25, -0.2) is 0 Å². The van der Waals surface area contributed by atoms with E-state index in [0.29, 0.717) is 31.4 Å². The van der Waals surface area contributed by atoms with Crippen molar-refractivity contribution in [3.63, 3.8) is 0 Å². The lowest BCUT2D eigenvalue weighted by molar-refractivity contribution is -0.138. The fraction of sp³-hybridized carbons (Fsp3) is 0.583. The van der Waals surface area contributed by atoms with E-state index in [4.69, 9.17) is 0 Å².